The number of nitrogens with one attached hydrogen (secondary N) is 1. The smallest absolute Gasteiger partial charge is 0.325 e. The van der Waals surface area contributed by atoms with Crippen molar-refractivity contribution >= 4 is 17.9 Å². The first-order chi connectivity index (χ1) is 11.8. The minimum atomic E-state index is -1.39. The molecular weight excluding hydrogens is 332 g/mol. The number of rotatable bonds is 6. The number of esters is 1. The van der Waals surface area contributed by atoms with E-state index in [1.165, 1.54) is 35.4 Å². The highest BCUT2D eigenvalue weighted by molar-refractivity contribution is 6.08. The first kappa shape index (κ1) is 18.4. The van der Waals surface area contributed by atoms with Gasteiger partial charge in [0.1, 0.15) is 12.1 Å². The van der Waals surface area contributed by atoms with E-state index in [0.717, 1.165) is 4.90 Å². The summed E-state index contributed by atoms with van der Waals surface area (Å²) in [6, 6.07) is 2.45. The SMILES string of the molecule is COC(=O)CN1C(=O)NC(C)(c2cc(OC)c(OC)c(OC)c2)C1=O. The Morgan fingerprint density at radius 1 is 1.08 bits per heavy atom. The van der Waals surface area contributed by atoms with Crippen LogP contribution in [0.2, 0.25) is 0 Å². The molecule has 1 aliphatic rings. The Bertz CT molecular complexity index is 693. The minimum absolute atomic E-state index is 0.339. The molecule has 25 heavy (non-hydrogen) atoms. The Labute approximate surface area is 144 Å². The number of hydrogen-bond acceptors (Lipinski definition) is 7. The van der Waals surface area contributed by atoms with Crippen LogP contribution >= 0.6 is 0 Å². The molecule has 1 N–H and O–H groups in total. The normalized spacial score (nSPS) is 19.5. The maximum Gasteiger partial charge on any atom is 0.325 e. The van der Waals surface area contributed by atoms with E-state index < -0.39 is 30.0 Å². The van der Waals surface area contributed by atoms with Crippen molar-refractivity contribution in [3.8, 4) is 17.2 Å². The fourth-order valence-corrected chi connectivity index (χ4v) is 2.60. The molecule has 1 fully saturated rings. The summed E-state index contributed by atoms with van der Waals surface area (Å²) in [4.78, 5) is 37.2. The van der Waals surface area contributed by atoms with Crippen molar-refractivity contribution in [2.24, 2.45) is 0 Å². The van der Waals surface area contributed by atoms with Gasteiger partial charge in [-0.1, -0.05) is 0 Å². The van der Waals surface area contributed by atoms with Gasteiger partial charge in [-0.15, -0.1) is 0 Å². The minimum Gasteiger partial charge on any atom is -0.493 e. The number of ether oxygens (including phenoxy) is 4. The summed E-state index contributed by atoms with van der Waals surface area (Å²) in [5.41, 5.74) is -0.967. The summed E-state index contributed by atoms with van der Waals surface area (Å²) in [5, 5.41) is 2.59. The predicted octanol–water partition coefficient (Wildman–Crippen LogP) is 0.652. The number of amides is 3. The van der Waals surface area contributed by atoms with E-state index in [1.54, 1.807) is 12.1 Å². The van der Waals surface area contributed by atoms with Gasteiger partial charge >= 0.3 is 12.0 Å². The van der Waals surface area contributed by atoms with Crippen molar-refractivity contribution in [2.75, 3.05) is 35.0 Å². The lowest BCUT2D eigenvalue weighted by atomic mass is 9.91. The number of hydrogen-bond donors (Lipinski definition) is 1. The van der Waals surface area contributed by atoms with Crippen LogP contribution in [0.25, 0.3) is 0 Å². The number of imide groups is 1. The number of urea groups is 1. The topological polar surface area (TPSA) is 103 Å². The van der Waals surface area contributed by atoms with Crippen LogP contribution in [0.3, 0.4) is 0 Å². The Kier molecular flexibility index (Phi) is 5.05. The molecule has 0 spiro atoms. The number of methoxy groups -OCH3 is 4. The molecule has 1 aromatic rings. The lowest BCUT2D eigenvalue weighted by Crippen LogP contribution is -2.41. The van der Waals surface area contributed by atoms with E-state index in [1.807, 2.05) is 0 Å². The zero-order valence-corrected chi connectivity index (χ0v) is 14.7. The lowest BCUT2D eigenvalue weighted by Gasteiger charge is -2.24. The summed E-state index contributed by atoms with van der Waals surface area (Å²) in [6.07, 6.45) is 0. The highest BCUT2D eigenvalue weighted by Crippen LogP contribution is 2.42. The van der Waals surface area contributed by atoms with Gasteiger partial charge in [0.25, 0.3) is 5.91 Å². The van der Waals surface area contributed by atoms with E-state index in [0.29, 0.717) is 22.8 Å². The van der Waals surface area contributed by atoms with E-state index in [-0.39, 0.29) is 0 Å². The number of benzene rings is 1. The zero-order chi connectivity index (χ0) is 18.8. The Morgan fingerprint density at radius 3 is 2.08 bits per heavy atom. The van der Waals surface area contributed by atoms with Gasteiger partial charge in [0.15, 0.2) is 11.5 Å². The van der Waals surface area contributed by atoms with Gasteiger partial charge in [-0.3, -0.25) is 14.5 Å². The number of carbonyl (C=O) groups is 3. The molecule has 136 valence electrons. The van der Waals surface area contributed by atoms with Gasteiger partial charge in [-0.2, -0.15) is 0 Å². The van der Waals surface area contributed by atoms with Gasteiger partial charge in [0.05, 0.1) is 28.4 Å². The average Bonchev–Trinajstić information content (AvgIpc) is 2.84. The van der Waals surface area contributed by atoms with Crippen molar-refractivity contribution in [3.05, 3.63) is 17.7 Å². The third-order valence-corrected chi connectivity index (χ3v) is 4.03. The molecule has 0 aromatic heterocycles. The van der Waals surface area contributed by atoms with Gasteiger partial charge in [0, 0.05) is 0 Å². The molecule has 2 rings (SSSR count). The highest BCUT2D eigenvalue weighted by atomic mass is 16.5. The van der Waals surface area contributed by atoms with Crippen LogP contribution in [0, 0.1) is 0 Å². The third-order valence-electron chi connectivity index (χ3n) is 4.03. The van der Waals surface area contributed by atoms with Crippen LogP contribution in [0.4, 0.5) is 4.79 Å². The number of carbonyl (C=O) groups excluding carboxylic acids is 3. The monoisotopic (exact) mass is 352 g/mol. The molecule has 1 heterocycles. The van der Waals surface area contributed by atoms with Crippen LogP contribution < -0.4 is 19.5 Å². The summed E-state index contributed by atoms with van der Waals surface area (Å²) in [5.74, 6) is -0.242. The molecule has 1 aliphatic heterocycles. The van der Waals surface area contributed by atoms with Crippen molar-refractivity contribution in [3.63, 3.8) is 0 Å². The van der Waals surface area contributed by atoms with Crippen molar-refractivity contribution in [1.82, 2.24) is 10.2 Å². The Morgan fingerprint density at radius 2 is 1.64 bits per heavy atom. The standard InChI is InChI=1S/C16H20N2O7/c1-16(14(20)18(15(21)17-16)8-12(19)24-4)9-6-10(22-2)13(25-5)11(7-9)23-3/h6-7H,8H2,1-5H3,(H,17,21). The molecule has 0 saturated carbocycles. The van der Waals surface area contributed by atoms with Crippen LogP contribution in [0.1, 0.15) is 12.5 Å². The Hall–Kier alpha value is -2.97. The van der Waals surface area contributed by atoms with E-state index in [9.17, 15) is 14.4 Å². The van der Waals surface area contributed by atoms with Crippen LogP contribution in [0.5, 0.6) is 17.2 Å². The largest absolute Gasteiger partial charge is 0.493 e. The fraction of sp³-hybridized carbons (Fsp3) is 0.438. The third kappa shape index (κ3) is 3.04. The summed E-state index contributed by atoms with van der Waals surface area (Å²) >= 11 is 0. The van der Waals surface area contributed by atoms with Gasteiger partial charge in [0.2, 0.25) is 5.75 Å². The Balaban J connectivity index is 2.48. The lowest BCUT2D eigenvalue weighted by molar-refractivity contribution is -0.145. The summed E-state index contributed by atoms with van der Waals surface area (Å²) in [7, 11) is 5.53. The quantitative estimate of drug-likeness (QED) is 0.592. The first-order valence-electron chi connectivity index (χ1n) is 7.33. The first-order valence-corrected chi connectivity index (χ1v) is 7.33. The van der Waals surface area contributed by atoms with Crippen LogP contribution in [0.15, 0.2) is 12.1 Å². The molecule has 9 heteroatoms. The molecule has 0 aliphatic carbocycles. The van der Waals surface area contributed by atoms with Gasteiger partial charge in [-0.25, -0.2) is 4.79 Å². The predicted molar refractivity (Wildman–Crippen MR) is 85.7 cm³/mol. The molecular formula is C16H20N2O7. The average molecular weight is 352 g/mol. The van der Waals surface area contributed by atoms with Crippen molar-refractivity contribution in [2.45, 2.75) is 12.5 Å². The molecule has 9 nitrogen and oxygen atoms in total. The van der Waals surface area contributed by atoms with Crippen molar-refractivity contribution in [1.29, 1.82) is 0 Å². The second-order valence-corrected chi connectivity index (χ2v) is 5.44. The number of nitrogens with zero attached hydrogens (tertiary/aromatic N) is 1. The molecule has 1 aromatic carbocycles. The highest BCUT2D eigenvalue weighted by Gasteiger charge is 2.50. The maximum atomic E-state index is 12.8. The second kappa shape index (κ2) is 6.88. The zero-order valence-electron chi connectivity index (χ0n) is 14.7. The summed E-state index contributed by atoms with van der Waals surface area (Å²) < 4.78 is 20.3. The van der Waals surface area contributed by atoms with Gasteiger partial charge < -0.3 is 24.3 Å². The molecule has 0 bridgehead atoms. The van der Waals surface area contributed by atoms with E-state index in [2.05, 4.69) is 10.1 Å². The van der Waals surface area contributed by atoms with Crippen molar-refractivity contribution < 1.29 is 33.3 Å². The van der Waals surface area contributed by atoms with E-state index >= 15 is 0 Å². The summed E-state index contributed by atoms with van der Waals surface area (Å²) in [6.45, 7) is 1.06. The maximum absolute atomic E-state index is 12.8. The fourth-order valence-electron chi connectivity index (χ4n) is 2.60. The molecule has 3 amide bonds. The second-order valence-electron chi connectivity index (χ2n) is 5.44. The molecule has 1 saturated heterocycles. The van der Waals surface area contributed by atoms with Gasteiger partial charge in [-0.05, 0) is 24.6 Å². The van der Waals surface area contributed by atoms with Crippen LogP contribution in [-0.4, -0.2) is 57.8 Å². The molecule has 1 unspecified atom stereocenters. The van der Waals surface area contributed by atoms with E-state index in [4.69, 9.17) is 14.2 Å². The molecule has 1 atom stereocenters. The van der Waals surface area contributed by atoms with Crippen LogP contribution in [-0.2, 0) is 19.9 Å². The molecule has 0 radical (unpaired) electrons.